The van der Waals surface area contributed by atoms with Crippen molar-refractivity contribution in [3.8, 4) is 0 Å². The van der Waals surface area contributed by atoms with Crippen LogP contribution in [0.1, 0.15) is 21.6 Å². The van der Waals surface area contributed by atoms with E-state index >= 15 is 0 Å². The molecule has 0 saturated carbocycles. The minimum atomic E-state index is -2.47. The molecular weight excluding hydrogens is 363 g/mol. The van der Waals surface area contributed by atoms with Gasteiger partial charge in [0.2, 0.25) is 0 Å². The number of hydrogen-bond acceptors (Lipinski definition) is 3. The van der Waals surface area contributed by atoms with Crippen molar-refractivity contribution in [2.24, 2.45) is 0 Å². The van der Waals surface area contributed by atoms with E-state index in [2.05, 4.69) is 10.4 Å². The summed E-state index contributed by atoms with van der Waals surface area (Å²) in [5, 5.41) is 16.5. The normalized spacial score (nSPS) is 11.2. The van der Waals surface area contributed by atoms with Gasteiger partial charge < -0.3 is 10.4 Å². The average molecular weight is 378 g/mol. The number of carbonyl (C=O) groups is 1. The zero-order valence-electron chi connectivity index (χ0n) is 12.5. The largest absolute Gasteiger partial charge is 0.476 e. The predicted molar refractivity (Wildman–Crippen MR) is 87.3 cm³/mol. The number of halogens is 4. The van der Waals surface area contributed by atoms with Crippen LogP contribution in [0.25, 0.3) is 0 Å². The summed E-state index contributed by atoms with van der Waals surface area (Å²) in [5.74, 6) is -1.22. The van der Waals surface area contributed by atoms with Crippen molar-refractivity contribution in [3.63, 3.8) is 0 Å². The van der Waals surface area contributed by atoms with E-state index in [1.165, 1.54) is 4.68 Å². The first-order valence-corrected chi connectivity index (χ1v) is 7.86. The quantitative estimate of drug-likeness (QED) is 0.692. The summed E-state index contributed by atoms with van der Waals surface area (Å²) in [5.41, 5.74) is 0.853. The zero-order valence-corrected chi connectivity index (χ0v) is 14.0. The number of nitrogens with one attached hydrogen (secondary N) is 1. The molecule has 1 aromatic carbocycles. The first kappa shape index (κ1) is 18.6. The van der Waals surface area contributed by atoms with E-state index in [1.807, 2.05) is 0 Å². The number of aromatic nitrogens is 2. The van der Waals surface area contributed by atoms with E-state index in [9.17, 15) is 18.7 Å². The predicted octanol–water partition coefficient (Wildman–Crippen LogP) is 3.33. The molecule has 0 aliphatic heterocycles. The second kappa shape index (κ2) is 8.41. The van der Waals surface area contributed by atoms with Gasteiger partial charge in [0.1, 0.15) is 5.15 Å². The molecular formula is C15H15Cl2F2N3O2. The first-order chi connectivity index (χ1) is 11.4. The third kappa shape index (κ3) is 4.66. The highest BCUT2D eigenvalue weighted by Crippen LogP contribution is 2.24. The van der Waals surface area contributed by atoms with Crippen LogP contribution < -0.4 is 5.32 Å². The monoisotopic (exact) mass is 377 g/mol. The maximum absolute atomic E-state index is 12.1. The maximum atomic E-state index is 12.1. The van der Waals surface area contributed by atoms with Crippen LogP contribution in [0.4, 0.5) is 8.78 Å². The summed E-state index contributed by atoms with van der Waals surface area (Å²) in [6, 6.07) is 7.07. The summed E-state index contributed by atoms with van der Waals surface area (Å²) >= 11 is 12.3. The van der Waals surface area contributed by atoms with E-state index in [0.717, 1.165) is 5.56 Å². The summed E-state index contributed by atoms with van der Waals surface area (Å²) in [6.07, 6.45) is -2.29. The lowest BCUT2D eigenvalue weighted by molar-refractivity contribution is 0.0688. The van der Waals surface area contributed by atoms with Gasteiger partial charge in [-0.1, -0.05) is 41.4 Å². The standard InChI is InChI=1S/C15H15Cl2F2N3O2/c16-11-4-2-1-3-9(11)8-22-14(17)10(13(21-22)15(23)24)5-6-20-7-12(18)19/h1-4,12,20H,5-8H2,(H,23,24). The van der Waals surface area contributed by atoms with Crippen molar-refractivity contribution in [1.29, 1.82) is 0 Å². The number of carboxylic acid groups (broad SMARTS) is 1. The molecule has 2 N–H and O–H groups in total. The molecule has 0 aliphatic rings. The molecule has 5 nitrogen and oxygen atoms in total. The van der Waals surface area contributed by atoms with Crippen LogP contribution in [-0.4, -0.2) is 40.4 Å². The minimum Gasteiger partial charge on any atom is -0.476 e. The summed E-state index contributed by atoms with van der Waals surface area (Å²) < 4.78 is 25.6. The topological polar surface area (TPSA) is 67.1 Å². The second-order valence-corrected chi connectivity index (χ2v) is 5.78. The van der Waals surface area contributed by atoms with Crippen LogP contribution in [0.3, 0.4) is 0 Å². The number of nitrogens with zero attached hydrogens (tertiary/aromatic N) is 2. The second-order valence-electron chi connectivity index (χ2n) is 5.02. The van der Waals surface area contributed by atoms with Crippen molar-refractivity contribution < 1.29 is 18.7 Å². The third-order valence-corrected chi connectivity index (χ3v) is 4.11. The van der Waals surface area contributed by atoms with Crippen molar-refractivity contribution in [3.05, 3.63) is 51.3 Å². The summed E-state index contributed by atoms with van der Waals surface area (Å²) in [7, 11) is 0. The molecule has 0 spiro atoms. The molecule has 9 heteroatoms. The Kier molecular flexibility index (Phi) is 6.53. The highest BCUT2D eigenvalue weighted by atomic mass is 35.5. The Hall–Kier alpha value is -1.70. The lowest BCUT2D eigenvalue weighted by Crippen LogP contribution is -2.24. The van der Waals surface area contributed by atoms with Crippen molar-refractivity contribution in [1.82, 2.24) is 15.1 Å². The number of alkyl halides is 2. The van der Waals surface area contributed by atoms with Gasteiger partial charge in [-0.2, -0.15) is 5.10 Å². The molecule has 24 heavy (non-hydrogen) atoms. The number of aromatic carboxylic acids is 1. The van der Waals surface area contributed by atoms with E-state index in [0.29, 0.717) is 10.6 Å². The Labute approximate surface area is 147 Å². The molecule has 0 bridgehead atoms. The molecule has 130 valence electrons. The Bertz CT molecular complexity index is 723. The highest BCUT2D eigenvalue weighted by molar-refractivity contribution is 6.31. The lowest BCUT2D eigenvalue weighted by Gasteiger charge is -2.06. The molecule has 0 atom stereocenters. The van der Waals surface area contributed by atoms with Crippen LogP contribution in [0.15, 0.2) is 24.3 Å². The molecule has 0 fully saturated rings. The highest BCUT2D eigenvalue weighted by Gasteiger charge is 2.21. The fraction of sp³-hybridized carbons (Fsp3) is 0.333. The molecule has 1 aromatic heterocycles. The molecule has 2 rings (SSSR count). The van der Waals surface area contributed by atoms with Gasteiger partial charge in [-0.15, -0.1) is 0 Å². The molecule has 0 aliphatic carbocycles. The van der Waals surface area contributed by atoms with Crippen LogP contribution >= 0.6 is 23.2 Å². The van der Waals surface area contributed by atoms with E-state index in [-0.39, 0.29) is 30.4 Å². The van der Waals surface area contributed by atoms with Gasteiger partial charge in [0.05, 0.1) is 13.1 Å². The smallest absolute Gasteiger partial charge is 0.356 e. The Morgan fingerprint density at radius 1 is 1.33 bits per heavy atom. The Morgan fingerprint density at radius 3 is 2.67 bits per heavy atom. The van der Waals surface area contributed by atoms with Crippen LogP contribution in [0.5, 0.6) is 0 Å². The van der Waals surface area contributed by atoms with Gasteiger partial charge in [-0.25, -0.2) is 18.3 Å². The van der Waals surface area contributed by atoms with E-state index < -0.39 is 18.9 Å². The summed E-state index contributed by atoms with van der Waals surface area (Å²) in [4.78, 5) is 11.3. The molecule has 0 amide bonds. The van der Waals surface area contributed by atoms with Gasteiger partial charge in [0.25, 0.3) is 6.43 Å². The number of hydrogen-bond donors (Lipinski definition) is 2. The van der Waals surface area contributed by atoms with Gasteiger partial charge in [-0.3, -0.25) is 0 Å². The average Bonchev–Trinajstić information content (AvgIpc) is 2.83. The summed E-state index contributed by atoms with van der Waals surface area (Å²) in [6.45, 7) is -0.0842. The lowest BCUT2D eigenvalue weighted by atomic mass is 10.2. The number of benzene rings is 1. The van der Waals surface area contributed by atoms with Crippen molar-refractivity contribution in [2.75, 3.05) is 13.1 Å². The molecule has 0 unspecified atom stereocenters. The van der Waals surface area contributed by atoms with Gasteiger partial charge in [0, 0.05) is 10.6 Å². The zero-order chi connectivity index (χ0) is 17.7. The molecule has 0 saturated heterocycles. The van der Waals surface area contributed by atoms with Gasteiger partial charge in [-0.05, 0) is 24.6 Å². The molecule has 1 heterocycles. The van der Waals surface area contributed by atoms with Crippen LogP contribution in [0, 0.1) is 0 Å². The Morgan fingerprint density at radius 2 is 2.04 bits per heavy atom. The Balaban J connectivity index is 2.20. The van der Waals surface area contributed by atoms with Gasteiger partial charge >= 0.3 is 5.97 Å². The number of carboxylic acids is 1. The van der Waals surface area contributed by atoms with Crippen LogP contribution in [-0.2, 0) is 13.0 Å². The maximum Gasteiger partial charge on any atom is 0.356 e. The van der Waals surface area contributed by atoms with E-state index in [4.69, 9.17) is 23.2 Å². The third-order valence-electron chi connectivity index (χ3n) is 3.31. The SMILES string of the molecule is O=C(O)c1nn(Cc2ccccc2Cl)c(Cl)c1CCNCC(F)F. The molecule has 2 aromatic rings. The van der Waals surface area contributed by atoms with Crippen molar-refractivity contribution >= 4 is 29.2 Å². The van der Waals surface area contributed by atoms with Crippen LogP contribution in [0.2, 0.25) is 10.2 Å². The molecule has 0 radical (unpaired) electrons. The van der Waals surface area contributed by atoms with E-state index in [1.54, 1.807) is 24.3 Å². The number of rotatable bonds is 8. The van der Waals surface area contributed by atoms with Crippen molar-refractivity contribution in [2.45, 2.75) is 19.4 Å². The fourth-order valence-electron chi connectivity index (χ4n) is 2.19. The minimum absolute atomic E-state index is 0.158. The first-order valence-electron chi connectivity index (χ1n) is 7.11. The van der Waals surface area contributed by atoms with Gasteiger partial charge in [0.15, 0.2) is 5.69 Å². The fourth-order valence-corrected chi connectivity index (χ4v) is 2.67.